The molecule has 0 aromatic carbocycles. The van der Waals surface area contributed by atoms with Gasteiger partial charge in [0.1, 0.15) is 4.32 Å². The van der Waals surface area contributed by atoms with Gasteiger partial charge in [0.25, 0.3) is 0 Å². The zero-order valence-corrected chi connectivity index (χ0v) is 8.74. The second-order valence-electron chi connectivity index (χ2n) is 2.36. The Morgan fingerprint density at radius 2 is 2.40 bits per heavy atom. The summed E-state index contributed by atoms with van der Waals surface area (Å²) in [5.41, 5.74) is 0. The van der Waals surface area contributed by atoms with Crippen molar-refractivity contribution in [3.05, 3.63) is 0 Å². The predicted molar refractivity (Wildman–Crippen MR) is 45.6 cm³/mol. The Hall–Kier alpha value is 0.430. The molecule has 2 atom stereocenters. The molecule has 0 saturated heterocycles. The Balaban J connectivity index is 2.60. The van der Waals surface area contributed by atoms with E-state index in [1.165, 1.54) is 7.11 Å². The molecule has 4 heteroatoms. The maximum absolute atomic E-state index is 11.0. The van der Waals surface area contributed by atoms with Crippen molar-refractivity contribution in [2.75, 3.05) is 7.11 Å². The lowest BCUT2D eigenvalue weighted by molar-refractivity contribution is -0.145. The molecule has 0 radical (unpaired) electrons. The molecule has 1 rings (SSSR count). The quantitative estimate of drug-likeness (QED) is 0.538. The molecule has 0 amide bonds. The monoisotopic (exact) mass is 270 g/mol. The van der Waals surface area contributed by atoms with Crippen LogP contribution < -0.4 is 0 Å². The molecule has 1 aliphatic rings. The summed E-state index contributed by atoms with van der Waals surface area (Å²) in [6, 6.07) is 0. The minimum atomic E-state index is -0.443. The summed E-state index contributed by atoms with van der Waals surface area (Å²) in [5, 5.41) is 0. The second kappa shape index (κ2) is 2.81. The first-order valence-electron chi connectivity index (χ1n) is 3.02. The molecule has 0 bridgehead atoms. The van der Waals surface area contributed by atoms with E-state index in [1.54, 1.807) is 0 Å². The summed E-state index contributed by atoms with van der Waals surface area (Å²) in [5.74, 6) is -0.180. The highest BCUT2D eigenvalue weighted by atomic mass is 79.9. The Kier molecular flexibility index (Phi) is 2.40. The van der Waals surface area contributed by atoms with Crippen LogP contribution in [0, 0.1) is 0 Å². The third-order valence-corrected chi connectivity index (χ3v) is 4.91. The SMILES string of the molecule is COC(=O)C1(Br)CCC1Br. The Morgan fingerprint density at radius 3 is 2.50 bits per heavy atom. The number of rotatable bonds is 1. The molecule has 10 heavy (non-hydrogen) atoms. The molecule has 2 nitrogen and oxygen atoms in total. The van der Waals surface area contributed by atoms with E-state index in [2.05, 4.69) is 36.6 Å². The molecule has 1 saturated carbocycles. The summed E-state index contributed by atoms with van der Waals surface area (Å²) >= 11 is 6.71. The number of ether oxygens (including phenoxy) is 1. The zero-order valence-electron chi connectivity index (χ0n) is 5.56. The molecular weight excluding hydrogens is 264 g/mol. The van der Waals surface area contributed by atoms with E-state index < -0.39 is 4.32 Å². The number of carbonyl (C=O) groups excluding carboxylic acids is 1. The first-order valence-corrected chi connectivity index (χ1v) is 4.73. The maximum atomic E-state index is 11.0. The minimum Gasteiger partial charge on any atom is -0.468 e. The van der Waals surface area contributed by atoms with E-state index in [-0.39, 0.29) is 10.8 Å². The van der Waals surface area contributed by atoms with Crippen molar-refractivity contribution < 1.29 is 9.53 Å². The van der Waals surface area contributed by atoms with Crippen LogP contribution in [0.15, 0.2) is 0 Å². The molecular formula is C6H8Br2O2. The summed E-state index contributed by atoms with van der Waals surface area (Å²) in [7, 11) is 1.41. The summed E-state index contributed by atoms with van der Waals surface area (Å²) < 4.78 is 4.17. The molecule has 1 fully saturated rings. The Morgan fingerprint density at radius 1 is 1.80 bits per heavy atom. The molecule has 2 unspecified atom stereocenters. The van der Waals surface area contributed by atoms with E-state index >= 15 is 0 Å². The third kappa shape index (κ3) is 1.11. The fourth-order valence-electron chi connectivity index (χ4n) is 0.907. The zero-order chi connectivity index (χ0) is 7.78. The van der Waals surface area contributed by atoms with Crippen molar-refractivity contribution in [3.63, 3.8) is 0 Å². The van der Waals surface area contributed by atoms with Crippen LogP contribution in [0.25, 0.3) is 0 Å². The number of esters is 1. The Bertz CT molecular complexity index is 160. The van der Waals surface area contributed by atoms with Crippen LogP contribution in [-0.4, -0.2) is 22.2 Å². The lowest BCUT2D eigenvalue weighted by Gasteiger charge is -2.38. The van der Waals surface area contributed by atoms with Crippen LogP contribution in [0.2, 0.25) is 0 Å². The van der Waals surface area contributed by atoms with Crippen molar-refractivity contribution in [2.24, 2.45) is 0 Å². The van der Waals surface area contributed by atoms with Crippen molar-refractivity contribution in [1.29, 1.82) is 0 Å². The van der Waals surface area contributed by atoms with Crippen molar-refractivity contribution in [1.82, 2.24) is 0 Å². The standard InChI is InChI=1S/C6H8Br2O2/c1-10-5(9)6(8)3-2-4(6)7/h4H,2-3H2,1H3. The molecule has 0 spiro atoms. The highest BCUT2D eigenvalue weighted by Crippen LogP contribution is 2.45. The summed E-state index contributed by atoms with van der Waals surface area (Å²) in [4.78, 5) is 11.3. The molecule has 58 valence electrons. The molecule has 0 heterocycles. The lowest BCUT2D eigenvalue weighted by atomic mass is 9.85. The topological polar surface area (TPSA) is 26.3 Å². The van der Waals surface area contributed by atoms with Gasteiger partial charge in [0.15, 0.2) is 0 Å². The van der Waals surface area contributed by atoms with Gasteiger partial charge in [-0.1, -0.05) is 31.9 Å². The van der Waals surface area contributed by atoms with Crippen molar-refractivity contribution >= 4 is 37.8 Å². The first kappa shape index (κ1) is 8.53. The number of methoxy groups -OCH3 is 1. The molecule has 0 aliphatic heterocycles. The van der Waals surface area contributed by atoms with Gasteiger partial charge in [-0.05, 0) is 12.8 Å². The van der Waals surface area contributed by atoms with Crippen LogP contribution in [0.4, 0.5) is 0 Å². The van der Waals surface area contributed by atoms with Crippen LogP contribution in [0.3, 0.4) is 0 Å². The number of hydrogen-bond acceptors (Lipinski definition) is 2. The summed E-state index contributed by atoms with van der Waals surface area (Å²) in [6.07, 6.45) is 1.88. The predicted octanol–water partition coefficient (Wildman–Crippen LogP) is 1.85. The largest absolute Gasteiger partial charge is 0.468 e. The van der Waals surface area contributed by atoms with E-state index in [0.717, 1.165) is 12.8 Å². The minimum absolute atomic E-state index is 0.180. The van der Waals surface area contributed by atoms with E-state index in [9.17, 15) is 4.79 Å². The van der Waals surface area contributed by atoms with Crippen molar-refractivity contribution in [3.8, 4) is 0 Å². The normalized spacial score (nSPS) is 38.5. The highest BCUT2D eigenvalue weighted by molar-refractivity contribution is 9.13. The smallest absolute Gasteiger partial charge is 0.323 e. The van der Waals surface area contributed by atoms with Crippen LogP contribution in [-0.2, 0) is 9.53 Å². The number of hydrogen-bond donors (Lipinski definition) is 0. The van der Waals surface area contributed by atoms with E-state index in [0.29, 0.717) is 0 Å². The lowest BCUT2D eigenvalue weighted by Crippen LogP contribution is -2.49. The van der Waals surface area contributed by atoms with Crippen molar-refractivity contribution in [2.45, 2.75) is 22.0 Å². The highest BCUT2D eigenvalue weighted by Gasteiger charge is 2.50. The van der Waals surface area contributed by atoms with E-state index in [4.69, 9.17) is 0 Å². The van der Waals surface area contributed by atoms with Gasteiger partial charge < -0.3 is 4.74 Å². The molecule has 0 aromatic heterocycles. The van der Waals surface area contributed by atoms with Gasteiger partial charge in [0.2, 0.25) is 0 Å². The second-order valence-corrected chi connectivity index (χ2v) is 4.88. The molecule has 0 aromatic rings. The Labute approximate surface area is 76.6 Å². The van der Waals surface area contributed by atoms with Gasteiger partial charge in [0.05, 0.1) is 7.11 Å². The van der Waals surface area contributed by atoms with Gasteiger partial charge in [0, 0.05) is 4.83 Å². The van der Waals surface area contributed by atoms with Crippen LogP contribution >= 0.6 is 31.9 Å². The molecule has 0 N–H and O–H groups in total. The van der Waals surface area contributed by atoms with Gasteiger partial charge in [-0.3, -0.25) is 4.79 Å². The number of alkyl halides is 2. The number of carbonyl (C=O) groups is 1. The average molecular weight is 272 g/mol. The van der Waals surface area contributed by atoms with Gasteiger partial charge in [-0.2, -0.15) is 0 Å². The first-order chi connectivity index (χ1) is 4.61. The fraction of sp³-hybridized carbons (Fsp3) is 0.833. The third-order valence-electron chi connectivity index (χ3n) is 1.78. The van der Waals surface area contributed by atoms with E-state index in [1.807, 2.05) is 0 Å². The fourth-order valence-corrected chi connectivity index (χ4v) is 2.17. The molecule has 1 aliphatic carbocycles. The average Bonchev–Trinajstić information content (AvgIpc) is 1.98. The van der Waals surface area contributed by atoms with Gasteiger partial charge in [-0.15, -0.1) is 0 Å². The van der Waals surface area contributed by atoms with Crippen LogP contribution in [0.1, 0.15) is 12.8 Å². The van der Waals surface area contributed by atoms with Crippen LogP contribution in [0.5, 0.6) is 0 Å². The van der Waals surface area contributed by atoms with Gasteiger partial charge in [-0.25, -0.2) is 0 Å². The summed E-state index contributed by atoms with van der Waals surface area (Å²) in [6.45, 7) is 0. The van der Waals surface area contributed by atoms with Gasteiger partial charge >= 0.3 is 5.97 Å². The maximum Gasteiger partial charge on any atom is 0.323 e. The number of halogens is 2.